The van der Waals surface area contributed by atoms with Gasteiger partial charge in [-0.3, -0.25) is 0 Å². The molecule has 0 radical (unpaired) electrons. The Kier molecular flexibility index (Phi) is 2.95. The number of rotatable bonds is 3. The topological polar surface area (TPSA) is 19.2 Å². The molecule has 108 valence electrons. The molecule has 0 N–H and O–H groups in total. The number of hydrogen-bond donors (Lipinski definition) is 0. The largest absolute Gasteiger partial charge is 0.495 e. The van der Waals surface area contributed by atoms with Gasteiger partial charge in [-0.05, 0) is 12.1 Å². The van der Waals surface area contributed by atoms with Gasteiger partial charge >= 0.3 is 6.01 Å². The van der Waals surface area contributed by atoms with Crippen molar-refractivity contribution in [2.75, 3.05) is 6.54 Å². The molecule has 2 aromatic carbocycles. The first-order valence-corrected chi connectivity index (χ1v) is 7.62. The molecule has 0 spiro atoms. The molecule has 1 aliphatic heterocycles. The lowest BCUT2D eigenvalue weighted by Gasteiger charge is -1.92. The highest BCUT2D eigenvalue weighted by Crippen LogP contribution is 2.31. The molecule has 3 nitrogen and oxygen atoms in total. The average Bonchev–Trinajstić information content (AvgIpc) is 3.10. The van der Waals surface area contributed by atoms with E-state index in [1.807, 2.05) is 29.0 Å². The van der Waals surface area contributed by atoms with Crippen molar-refractivity contribution >= 4 is 33.6 Å². The maximum atomic E-state index is 5.95. The summed E-state index contributed by atoms with van der Waals surface area (Å²) in [6, 6.07) is 17.8. The van der Waals surface area contributed by atoms with E-state index in [1.165, 1.54) is 0 Å². The third-order valence-electron chi connectivity index (χ3n) is 3.83. The Balaban J connectivity index is 1.82. The second kappa shape index (κ2) is 4.97. The molecule has 3 heteroatoms. The first kappa shape index (κ1) is 13.1. The molecular formula is C19H18N2O+2. The molecule has 0 aliphatic carbocycles. The molecular weight excluding hydrogens is 272 g/mol. The van der Waals surface area contributed by atoms with E-state index in [2.05, 4.69) is 54.9 Å². The van der Waals surface area contributed by atoms with E-state index in [0.717, 1.165) is 34.2 Å². The zero-order valence-electron chi connectivity index (χ0n) is 12.8. The van der Waals surface area contributed by atoms with Crippen LogP contribution in [-0.2, 0) is 0 Å². The molecule has 0 saturated heterocycles. The summed E-state index contributed by atoms with van der Waals surface area (Å²) in [7, 11) is 0. The van der Waals surface area contributed by atoms with Crippen LogP contribution in [0.3, 0.4) is 0 Å². The Hall–Kier alpha value is -2.64. The highest BCUT2D eigenvalue weighted by atomic mass is 16.3. The number of benzene rings is 2. The van der Waals surface area contributed by atoms with Gasteiger partial charge in [0.15, 0.2) is 6.54 Å². The van der Waals surface area contributed by atoms with Gasteiger partial charge in [0.1, 0.15) is 11.2 Å². The van der Waals surface area contributed by atoms with Crippen molar-refractivity contribution in [1.29, 1.82) is 0 Å². The molecule has 0 amide bonds. The minimum Gasteiger partial charge on any atom is -0.456 e. The van der Waals surface area contributed by atoms with E-state index >= 15 is 0 Å². The fourth-order valence-electron chi connectivity index (χ4n) is 2.86. The van der Waals surface area contributed by atoms with Crippen molar-refractivity contribution in [3.05, 3.63) is 54.9 Å². The summed E-state index contributed by atoms with van der Waals surface area (Å²) in [6.07, 6.45) is 4.09. The van der Waals surface area contributed by atoms with E-state index in [0.29, 0.717) is 5.92 Å². The van der Waals surface area contributed by atoms with E-state index in [9.17, 15) is 0 Å². The van der Waals surface area contributed by atoms with E-state index in [1.54, 1.807) is 0 Å². The van der Waals surface area contributed by atoms with Gasteiger partial charge in [0.25, 0.3) is 6.20 Å². The summed E-state index contributed by atoms with van der Waals surface area (Å²) >= 11 is 0. The molecule has 0 bridgehead atoms. The summed E-state index contributed by atoms with van der Waals surface area (Å²) in [4.78, 5) is 0. The van der Waals surface area contributed by atoms with Crippen LogP contribution in [0.2, 0.25) is 0 Å². The number of hydrogen-bond acceptors (Lipinski definition) is 1. The summed E-state index contributed by atoms with van der Waals surface area (Å²) in [5, 5.41) is 2.32. The van der Waals surface area contributed by atoms with Crippen LogP contribution in [-0.4, -0.2) is 21.7 Å². The normalized spacial score (nSPS) is 14.1. The first-order valence-electron chi connectivity index (χ1n) is 7.62. The Morgan fingerprint density at radius 1 is 1.00 bits per heavy atom. The van der Waals surface area contributed by atoms with Crippen molar-refractivity contribution < 1.29 is 13.6 Å². The van der Waals surface area contributed by atoms with Crippen LogP contribution < -0.4 is 0 Å². The van der Waals surface area contributed by atoms with Gasteiger partial charge < -0.3 is 4.42 Å². The number of fused-ring (bicyclic) bond motifs is 3. The molecule has 0 saturated carbocycles. The molecule has 0 fully saturated rings. The van der Waals surface area contributed by atoms with E-state index < -0.39 is 0 Å². The fourth-order valence-corrected chi connectivity index (χ4v) is 2.86. The van der Waals surface area contributed by atoms with E-state index in [4.69, 9.17) is 4.42 Å². The summed E-state index contributed by atoms with van der Waals surface area (Å²) in [5.74, 6) is 0.606. The van der Waals surface area contributed by atoms with Crippen LogP contribution in [0.15, 0.2) is 59.3 Å². The van der Waals surface area contributed by atoms with Crippen molar-refractivity contribution in [2.24, 2.45) is 5.92 Å². The van der Waals surface area contributed by atoms with Crippen molar-refractivity contribution in [1.82, 2.24) is 0 Å². The predicted molar refractivity (Wildman–Crippen MR) is 87.8 cm³/mol. The van der Waals surface area contributed by atoms with Gasteiger partial charge in [-0.25, -0.2) is 0 Å². The number of nitrogens with zero attached hydrogens (tertiary/aromatic N) is 2. The van der Waals surface area contributed by atoms with Crippen LogP contribution in [0.1, 0.15) is 13.8 Å². The molecule has 0 atom stereocenters. The first-order chi connectivity index (χ1) is 10.7. The van der Waals surface area contributed by atoms with Gasteiger partial charge in [0.2, 0.25) is 11.9 Å². The Morgan fingerprint density at radius 2 is 1.82 bits per heavy atom. The van der Waals surface area contributed by atoms with Crippen molar-refractivity contribution in [2.45, 2.75) is 13.8 Å². The standard InChI is InChI=1S/C19H18N2O/c1-14(2)12-20-9-10-21(13-20)15-7-8-17-16-5-3-4-6-18(16)22-19(17)11-15/h3-11,14H,12H2,1-2H3/q+2. The summed E-state index contributed by atoms with van der Waals surface area (Å²) in [6.45, 7) is 5.39. The summed E-state index contributed by atoms with van der Waals surface area (Å²) in [5.41, 5.74) is 2.91. The number of furan rings is 1. The second-order valence-corrected chi connectivity index (χ2v) is 6.09. The molecule has 0 unspecified atom stereocenters. The van der Waals surface area contributed by atoms with Crippen LogP contribution in [0.25, 0.3) is 21.9 Å². The lowest BCUT2D eigenvalue weighted by atomic mass is 10.1. The van der Waals surface area contributed by atoms with Gasteiger partial charge in [0.05, 0.1) is 6.07 Å². The molecule has 3 aromatic rings. The lowest BCUT2D eigenvalue weighted by Crippen LogP contribution is -2.09. The van der Waals surface area contributed by atoms with Gasteiger partial charge in [0, 0.05) is 22.8 Å². The number of para-hydroxylation sites is 1. The maximum absolute atomic E-state index is 5.95. The SMILES string of the molecule is CC(C)C[N+]1=C=[N+](c2ccc3c(c2)oc2ccccc23)C=C1. The third kappa shape index (κ3) is 2.16. The van der Waals surface area contributed by atoms with Gasteiger partial charge in [-0.15, -0.1) is 0 Å². The Bertz CT molecular complexity index is 969. The van der Waals surface area contributed by atoms with Gasteiger partial charge in [-0.2, -0.15) is 0 Å². The highest BCUT2D eigenvalue weighted by Gasteiger charge is 2.21. The van der Waals surface area contributed by atoms with Gasteiger partial charge in [-0.1, -0.05) is 41.2 Å². The average molecular weight is 290 g/mol. The highest BCUT2D eigenvalue weighted by molar-refractivity contribution is 6.05. The summed E-state index contributed by atoms with van der Waals surface area (Å²) < 4.78 is 10.1. The molecule has 1 aromatic heterocycles. The quantitative estimate of drug-likeness (QED) is 0.647. The predicted octanol–water partition coefficient (Wildman–Crippen LogP) is 4.56. The Labute approximate surface area is 129 Å². The maximum Gasteiger partial charge on any atom is 0.495 e. The van der Waals surface area contributed by atoms with Crippen LogP contribution >= 0.6 is 0 Å². The van der Waals surface area contributed by atoms with Crippen LogP contribution in [0.5, 0.6) is 0 Å². The minimum absolute atomic E-state index is 0.606. The zero-order valence-corrected chi connectivity index (χ0v) is 12.8. The van der Waals surface area contributed by atoms with Crippen molar-refractivity contribution in [3.8, 4) is 0 Å². The van der Waals surface area contributed by atoms with Crippen molar-refractivity contribution in [3.63, 3.8) is 0 Å². The molecule has 22 heavy (non-hydrogen) atoms. The van der Waals surface area contributed by atoms with Crippen LogP contribution in [0, 0.1) is 5.92 Å². The monoisotopic (exact) mass is 290 g/mol. The molecule has 2 heterocycles. The second-order valence-electron chi connectivity index (χ2n) is 6.09. The molecule has 1 aliphatic rings. The lowest BCUT2D eigenvalue weighted by molar-refractivity contribution is -0.466. The smallest absolute Gasteiger partial charge is 0.456 e. The fraction of sp³-hybridized carbons (Fsp3) is 0.211. The molecule has 4 rings (SSSR count). The third-order valence-corrected chi connectivity index (χ3v) is 3.83. The Morgan fingerprint density at radius 3 is 2.68 bits per heavy atom. The minimum atomic E-state index is 0.606. The van der Waals surface area contributed by atoms with Crippen LogP contribution in [0.4, 0.5) is 5.69 Å². The van der Waals surface area contributed by atoms with E-state index in [-0.39, 0.29) is 0 Å². The zero-order chi connectivity index (χ0) is 15.1.